The molecule has 1 aromatic rings. The molecule has 0 aliphatic rings. The van der Waals surface area contributed by atoms with Crippen LogP contribution >= 0.6 is 0 Å². The minimum atomic E-state index is -3.64. The molecule has 108 valence electrons. The van der Waals surface area contributed by atoms with Gasteiger partial charge in [-0.25, -0.2) is 8.42 Å². The summed E-state index contributed by atoms with van der Waals surface area (Å²) in [6, 6.07) is 4.22. The van der Waals surface area contributed by atoms with Crippen LogP contribution in [0.15, 0.2) is 23.1 Å². The van der Waals surface area contributed by atoms with E-state index in [-0.39, 0.29) is 16.6 Å². The van der Waals surface area contributed by atoms with Gasteiger partial charge < -0.3 is 15.2 Å². The van der Waals surface area contributed by atoms with Gasteiger partial charge in [-0.3, -0.25) is 0 Å². The van der Waals surface area contributed by atoms with Gasteiger partial charge in [-0.05, 0) is 19.1 Å². The van der Waals surface area contributed by atoms with Gasteiger partial charge in [-0.1, -0.05) is 0 Å². The van der Waals surface area contributed by atoms with Gasteiger partial charge in [0.25, 0.3) is 0 Å². The van der Waals surface area contributed by atoms with Crippen molar-refractivity contribution in [3.05, 3.63) is 18.2 Å². The average Bonchev–Trinajstić information content (AvgIpc) is 2.37. The Labute approximate surface area is 114 Å². The van der Waals surface area contributed by atoms with Gasteiger partial charge in [0, 0.05) is 26.3 Å². The Morgan fingerprint density at radius 1 is 1.37 bits per heavy atom. The topological polar surface area (TPSA) is 81.9 Å². The largest absolute Gasteiger partial charge is 0.497 e. The first-order chi connectivity index (χ1) is 8.84. The summed E-state index contributed by atoms with van der Waals surface area (Å²) in [5.41, 5.74) is 5.94. The molecule has 2 N–H and O–H groups in total. The summed E-state index contributed by atoms with van der Waals surface area (Å²) in [6.45, 7) is 2.08. The molecule has 6 nitrogen and oxygen atoms in total. The number of ether oxygens (including phenoxy) is 2. The van der Waals surface area contributed by atoms with Gasteiger partial charge in [0.15, 0.2) is 0 Å². The van der Waals surface area contributed by atoms with Crippen LogP contribution < -0.4 is 10.5 Å². The van der Waals surface area contributed by atoms with Crippen LogP contribution in [0.4, 0.5) is 5.69 Å². The number of rotatable bonds is 6. The zero-order chi connectivity index (χ0) is 14.6. The Morgan fingerprint density at radius 3 is 2.47 bits per heavy atom. The first-order valence-electron chi connectivity index (χ1n) is 5.75. The number of sulfonamides is 1. The normalized spacial score (nSPS) is 13.5. The number of likely N-dealkylation sites (N-methyl/N-ethyl adjacent to an activating group) is 1. The molecule has 0 bridgehead atoms. The lowest BCUT2D eigenvalue weighted by molar-refractivity contribution is 0.149. The Kier molecular flexibility index (Phi) is 5.16. The van der Waals surface area contributed by atoms with E-state index in [9.17, 15) is 8.42 Å². The fraction of sp³-hybridized carbons (Fsp3) is 0.500. The minimum Gasteiger partial charge on any atom is -0.497 e. The van der Waals surface area contributed by atoms with E-state index in [1.807, 2.05) is 0 Å². The first-order valence-corrected chi connectivity index (χ1v) is 7.19. The van der Waals surface area contributed by atoms with Crippen LogP contribution in [0.2, 0.25) is 0 Å². The standard InChI is InChI=1S/C12H20N2O4S/c1-9(8-17-3)14(2)19(15,16)12-6-5-10(18-4)7-11(12)13/h5-7,9H,8,13H2,1-4H3. The monoisotopic (exact) mass is 288 g/mol. The third kappa shape index (κ3) is 3.37. The lowest BCUT2D eigenvalue weighted by atomic mass is 10.3. The minimum absolute atomic E-state index is 0.0683. The highest BCUT2D eigenvalue weighted by atomic mass is 32.2. The van der Waals surface area contributed by atoms with Crippen molar-refractivity contribution >= 4 is 15.7 Å². The summed E-state index contributed by atoms with van der Waals surface area (Å²) in [6.07, 6.45) is 0. The lowest BCUT2D eigenvalue weighted by Crippen LogP contribution is -2.38. The number of hydrogen-bond donors (Lipinski definition) is 1. The molecule has 0 spiro atoms. The predicted molar refractivity (Wildman–Crippen MR) is 73.7 cm³/mol. The molecule has 7 heteroatoms. The van der Waals surface area contributed by atoms with E-state index in [4.69, 9.17) is 15.2 Å². The molecule has 1 aromatic carbocycles. The highest BCUT2D eigenvalue weighted by Crippen LogP contribution is 2.26. The van der Waals surface area contributed by atoms with Gasteiger partial charge in [0.2, 0.25) is 10.0 Å². The van der Waals surface area contributed by atoms with Crippen molar-refractivity contribution in [2.24, 2.45) is 0 Å². The summed E-state index contributed by atoms with van der Waals surface area (Å²) < 4.78 is 36.0. The van der Waals surface area contributed by atoms with Crippen LogP contribution in [-0.2, 0) is 14.8 Å². The van der Waals surface area contributed by atoms with Crippen molar-refractivity contribution in [2.75, 3.05) is 33.6 Å². The molecule has 0 aromatic heterocycles. The maximum atomic E-state index is 12.4. The number of nitrogens with two attached hydrogens (primary N) is 1. The molecule has 0 aliphatic heterocycles. The van der Waals surface area contributed by atoms with Crippen LogP contribution in [0.3, 0.4) is 0 Å². The predicted octanol–water partition coefficient (Wildman–Crippen LogP) is 0.933. The average molecular weight is 288 g/mol. The second kappa shape index (κ2) is 6.23. The van der Waals surface area contributed by atoms with Crippen molar-refractivity contribution < 1.29 is 17.9 Å². The van der Waals surface area contributed by atoms with Crippen molar-refractivity contribution in [1.29, 1.82) is 0 Å². The second-order valence-corrected chi connectivity index (χ2v) is 6.20. The van der Waals surface area contributed by atoms with Crippen LogP contribution in [0.1, 0.15) is 6.92 Å². The number of methoxy groups -OCH3 is 2. The molecule has 0 saturated carbocycles. The Bertz CT molecular complexity index is 531. The molecular formula is C12H20N2O4S. The van der Waals surface area contributed by atoms with E-state index in [1.54, 1.807) is 13.0 Å². The van der Waals surface area contributed by atoms with Gasteiger partial charge in [-0.15, -0.1) is 0 Å². The van der Waals surface area contributed by atoms with E-state index in [2.05, 4.69) is 0 Å². The molecular weight excluding hydrogens is 268 g/mol. The quantitative estimate of drug-likeness (QED) is 0.788. The van der Waals surface area contributed by atoms with E-state index in [0.717, 1.165) is 0 Å². The molecule has 0 aliphatic carbocycles. The molecule has 1 unspecified atom stereocenters. The summed E-state index contributed by atoms with van der Waals surface area (Å²) in [4.78, 5) is 0.0683. The second-order valence-electron chi connectivity index (χ2n) is 4.23. The third-order valence-electron chi connectivity index (χ3n) is 2.90. The number of benzene rings is 1. The lowest BCUT2D eigenvalue weighted by Gasteiger charge is -2.24. The van der Waals surface area contributed by atoms with Crippen molar-refractivity contribution in [3.63, 3.8) is 0 Å². The summed E-state index contributed by atoms with van der Waals surface area (Å²) in [7, 11) is 0.882. The summed E-state index contributed by atoms with van der Waals surface area (Å²) in [5, 5.41) is 0. The van der Waals surface area contributed by atoms with Gasteiger partial charge in [0.05, 0.1) is 19.4 Å². The third-order valence-corrected chi connectivity index (χ3v) is 4.95. The van der Waals surface area contributed by atoms with Crippen molar-refractivity contribution in [1.82, 2.24) is 4.31 Å². The molecule has 19 heavy (non-hydrogen) atoms. The van der Waals surface area contributed by atoms with E-state index < -0.39 is 10.0 Å². The van der Waals surface area contributed by atoms with Crippen LogP contribution in [0.25, 0.3) is 0 Å². The maximum absolute atomic E-state index is 12.4. The van der Waals surface area contributed by atoms with Gasteiger partial charge in [-0.2, -0.15) is 4.31 Å². The molecule has 0 saturated heterocycles. The van der Waals surface area contributed by atoms with Gasteiger partial charge in [0.1, 0.15) is 10.6 Å². The SMILES string of the molecule is COCC(C)N(C)S(=O)(=O)c1ccc(OC)cc1N. The van der Waals surface area contributed by atoms with Crippen molar-refractivity contribution in [3.8, 4) is 5.75 Å². The van der Waals surface area contributed by atoms with Crippen molar-refractivity contribution in [2.45, 2.75) is 17.9 Å². The van der Waals surface area contributed by atoms with Crippen LogP contribution in [0, 0.1) is 0 Å². The van der Waals surface area contributed by atoms with E-state index in [0.29, 0.717) is 12.4 Å². The molecule has 0 radical (unpaired) electrons. The maximum Gasteiger partial charge on any atom is 0.245 e. The van der Waals surface area contributed by atoms with Crippen LogP contribution in [-0.4, -0.2) is 46.6 Å². The first kappa shape index (κ1) is 15.7. The number of hydrogen-bond acceptors (Lipinski definition) is 5. The zero-order valence-electron chi connectivity index (χ0n) is 11.6. The zero-order valence-corrected chi connectivity index (χ0v) is 12.4. The fourth-order valence-electron chi connectivity index (χ4n) is 1.63. The smallest absolute Gasteiger partial charge is 0.245 e. The van der Waals surface area contributed by atoms with Crippen LogP contribution in [0.5, 0.6) is 5.75 Å². The fourth-order valence-corrected chi connectivity index (χ4v) is 3.07. The summed E-state index contributed by atoms with van der Waals surface area (Å²) in [5.74, 6) is 0.518. The van der Waals surface area contributed by atoms with Gasteiger partial charge >= 0.3 is 0 Å². The Morgan fingerprint density at radius 2 is 2.00 bits per heavy atom. The number of nitrogens with zero attached hydrogens (tertiary/aromatic N) is 1. The van der Waals surface area contributed by atoms with E-state index in [1.165, 1.54) is 37.7 Å². The Hall–Kier alpha value is -1.31. The number of nitrogen functional groups attached to an aromatic ring is 1. The highest BCUT2D eigenvalue weighted by molar-refractivity contribution is 7.89. The molecule has 0 fully saturated rings. The number of anilines is 1. The highest BCUT2D eigenvalue weighted by Gasteiger charge is 2.27. The molecule has 0 heterocycles. The molecule has 0 amide bonds. The van der Waals surface area contributed by atoms with E-state index >= 15 is 0 Å². The Balaban J connectivity index is 3.13. The molecule has 1 rings (SSSR count). The molecule has 1 atom stereocenters. The summed E-state index contributed by atoms with van der Waals surface area (Å²) >= 11 is 0.